The van der Waals surface area contributed by atoms with Gasteiger partial charge in [0, 0.05) is 31.9 Å². The van der Waals surface area contributed by atoms with Gasteiger partial charge in [-0.1, -0.05) is 0 Å². The Bertz CT molecular complexity index is 376. The second-order valence-corrected chi connectivity index (χ2v) is 5.09. The van der Waals surface area contributed by atoms with Gasteiger partial charge in [-0.05, 0) is 52.1 Å². The molecule has 102 valence electrons. The first-order valence-corrected chi connectivity index (χ1v) is 6.56. The van der Waals surface area contributed by atoms with E-state index in [1.807, 2.05) is 6.20 Å². The molecule has 18 heavy (non-hydrogen) atoms. The van der Waals surface area contributed by atoms with Crippen LogP contribution in [-0.4, -0.2) is 43.1 Å². The lowest BCUT2D eigenvalue weighted by Crippen LogP contribution is -2.40. The van der Waals surface area contributed by atoms with Crippen LogP contribution in [0.1, 0.15) is 25.0 Å². The summed E-state index contributed by atoms with van der Waals surface area (Å²) >= 11 is 0. The number of nitrogens with two attached hydrogens (primary N) is 1. The maximum atomic E-state index is 5.64. The fourth-order valence-corrected chi connectivity index (χ4v) is 2.34. The van der Waals surface area contributed by atoms with E-state index in [4.69, 9.17) is 5.73 Å². The molecule has 0 aliphatic rings. The molecule has 0 saturated carbocycles. The van der Waals surface area contributed by atoms with Gasteiger partial charge in [-0.15, -0.1) is 0 Å². The largest absolute Gasteiger partial charge is 0.353 e. The average Bonchev–Trinajstić information content (AvgIpc) is 2.31. The summed E-state index contributed by atoms with van der Waals surface area (Å²) in [5.74, 6) is 1.07. The van der Waals surface area contributed by atoms with E-state index in [0.717, 1.165) is 24.5 Å². The van der Waals surface area contributed by atoms with Gasteiger partial charge in [0.1, 0.15) is 5.82 Å². The molecule has 0 bridgehead atoms. The van der Waals surface area contributed by atoms with Gasteiger partial charge in [0.2, 0.25) is 0 Å². The SMILES string of the molecule is CCN(c1ncc(CN)cc1C)C(C)CN(C)C. The average molecular weight is 250 g/mol. The lowest BCUT2D eigenvalue weighted by molar-refractivity contribution is 0.372. The second kappa shape index (κ2) is 6.71. The Morgan fingerprint density at radius 3 is 2.50 bits per heavy atom. The van der Waals surface area contributed by atoms with Crippen LogP contribution in [0.3, 0.4) is 0 Å². The van der Waals surface area contributed by atoms with Crippen molar-refractivity contribution in [3.05, 3.63) is 23.4 Å². The summed E-state index contributed by atoms with van der Waals surface area (Å²) in [6.07, 6.45) is 1.88. The third kappa shape index (κ3) is 3.68. The molecule has 1 rings (SSSR count). The monoisotopic (exact) mass is 250 g/mol. The molecule has 4 heteroatoms. The predicted molar refractivity (Wildman–Crippen MR) is 77.9 cm³/mol. The summed E-state index contributed by atoms with van der Waals surface area (Å²) < 4.78 is 0. The first-order valence-electron chi connectivity index (χ1n) is 6.56. The van der Waals surface area contributed by atoms with Crippen LogP contribution in [-0.2, 0) is 6.54 Å². The van der Waals surface area contributed by atoms with Crippen LogP contribution in [0.4, 0.5) is 5.82 Å². The molecule has 0 aliphatic heterocycles. The van der Waals surface area contributed by atoms with E-state index >= 15 is 0 Å². The minimum atomic E-state index is 0.444. The fourth-order valence-electron chi connectivity index (χ4n) is 2.34. The Kier molecular flexibility index (Phi) is 5.56. The summed E-state index contributed by atoms with van der Waals surface area (Å²) in [4.78, 5) is 9.12. The smallest absolute Gasteiger partial charge is 0.131 e. The topological polar surface area (TPSA) is 45.4 Å². The Morgan fingerprint density at radius 2 is 2.06 bits per heavy atom. The number of aryl methyl sites for hydroxylation is 1. The third-order valence-corrected chi connectivity index (χ3v) is 3.12. The molecular formula is C14H26N4. The van der Waals surface area contributed by atoms with Crippen LogP contribution in [0, 0.1) is 6.92 Å². The molecule has 1 heterocycles. The van der Waals surface area contributed by atoms with E-state index < -0.39 is 0 Å². The van der Waals surface area contributed by atoms with Gasteiger partial charge in [0.15, 0.2) is 0 Å². The van der Waals surface area contributed by atoms with Crippen molar-refractivity contribution in [2.75, 3.05) is 32.1 Å². The Balaban J connectivity index is 2.94. The summed E-state index contributed by atoms with van der Waals surface area (Å²) in [5, 5.41) is 0. The molecule has 0 fully saturated rings. The normalized spacial score (nSPS) is 12.8. The Morgan fingerprint density at radius 1 is 1.39 bits per heavy atom. The molecular weight excluding hydrogens is 224 g/mol. The van der Waals surface area contributed by atoms with E-state index in [2.05, 4.69) is 55.7 Å². The van der Waals surface area contributed by atoms with Gasteiger partial charge >= 0.3 is 0 Å². The summed E-state index contributed by atoms with van der Waals surface area (Å²) in [7, 11) is 4.20. The molecule has 0 saturated heterocycles. The van der Waals surface area contributed by atoms with Gasteiger partial charge in [0.05, 0.1) is 0 Å². The summed E-state index contributed by atoms with van der Waals surface area (Å²) in [6.45, 7) is 9.05. The minimum absolute atomic E-state index is 0.444. The van der Waals surface area contributed by atoms with Crippen molar-refractivity contribution in [3.63, 3.8) is 0 Å². The fraction of sp³-hybridized carbons (Fsp3) is 0.643. The standard InChI is InChI=1S/C14H26N4/c1-6-18(12(3)10-17(4)5)14-11(2)7-13(8-15)9-16-14/h7,9,12H,6,8,10,15H2,1-5H3. The molecule has 4 nitrogen and oxygen atoms in total. The zero-order valence-corrected chi connectivity index (χ0v) is 12.3. The highest BCUT2D eigenvalue weighted by atomic mass is 15.2. The summed E-state index contributed by atoms with van der Waals surface area (Å²) in [5.41, 5.74) is 7.93. The van der Waals surface area contributed by atoms with Crippen molar-refractivity contribution in [2.24, 2.45) is 5.73 Å². The maximum absolute atomic E-state index is 5.64. The number of aromatic nitrogens is 1. The third-order valence-electron chi connectivity index (χ3n) is 3.12. The minimum Gasteiger partial charge on any atom is -0.353 e. The van der Waals surface area contributed by atoms with Crippen LogP contribution >= 0.6 is 0 Å². The molecule has 1 atom stereocenters. The van der Waals surface area contributed by atoms with Gasteiger partial charge < -0.3 is 15.5 Å². The van der Waals surface area contributed by atoms with Gasteiger partial charge in [-0.25, -0.2) is 4.98 Å². The number of nitrogens with zero attached hydrogens (tertiary/aromatic N) is 3. The lowest BCUT2D eigenvalue weighted by atomic mass is 10.1. The highest BCUT2D eigenvalue weighted by molar-refractivity contribution is 5.48. The van der Waals surface area contributed by atoms with E-state index in [1.54, 1.807) is 0 Å². The van der Waals surface area contributed by atoms with E-state index in [0.29, 0.717) is 12.6 Å². The molecule has 0 aromatic carbocycles. The van der Waals surface area contributed by atoms with E-state index in [9.17, 15) is 0 Å². The Hall–Kier alpha value is -1.13. The highest BCUT2D eigenvalue weighted by Gasteiger charge is 2.16. The van der Waals surface area contributed by atoms with Crippen LogP contribution in [0.5, 0.6) is 0 Å². The quantitative estimate of drug-likeness (QED) is 0.833. The number of hydrogen-bond acceptors (Lipinski definition) is 4. The van der Waals surface area contributed by atoms with Gasteiger partial charge in [-0.3, -0.25) is 0 Å². The number of hydrogen-bond donors (Lipinski definition) is 1. The predicted octanol–water partition coefficient (Wildman–Crippen LogP) is 1.63. The molecule has 1 unspecified atom stereocenters. The van der Waals surface area contributed by atoms with Crippen molar-refractivity contribution >= 4 is 5.82 Å². The van der Waals surface area contributed by atoms with Crippen LogP contribution in [0.2, 0.25) is 0 Å². The lowest BCUT2D eigenvalue weighted by Gasteiger charge is -2.32. The van der Waals surface area contributed by atoms with Crippen molar-refractivity contribution < 1.29 is 0 Å². The molecule has 1 aromatic rings. The number of likely N-dealkylation sites (N-methyl/N-ethyl adjacent to an activating group) is 2. The first-order chi connectivity index (χ1) is 8.49. The van der Waals surface area contributed by atoms with Crippen LogP contribution < -0.4 is 10.6 Å². The molecule has 1 aromatic heterocycles. The number of rotatable bonds is 6. The van der Waals surface area contributed by atoms with Crippen molar-refractivity contribution in [1.29, 1.82) is 0 Å². The van der Waals surface area contributed by atoms with Crippen molar-refractivity contribution in [3.8, 4) is 0 Å². The summed E-state index contributed by atoms with van der Waals surface area (Å²) in [6, 6.07) is 2.58. The Labute approximate surface area is 111 Å². The van der Waals surface area contributed by atoms with Gasteiger partial charge in [-0.2, -0.15) is 0 Å². The molecule has 0 radical (unpaired) electrons. The highest BCUT2D eigenvalue weighted by Crippen LogP contribution is 2.20. The van der Waals surface area contributed by atoms with Crippen LogP contribution in [0.25, 0.3) is 0 Å². The van der Waals surface area contributed by atoms with Crippen molar-refractivity contribution in [1.82, 2.24) is 9.88 Å². The maximum Gasteiger partial charge on any atom is 0.131 e. The molecule has 0 spiro atoms. The van der Waals surface area contributed by atoms with Gasteiger partial charge in [0.25, 0.3) is 0 Å². The zero-order chi connectivity index (χ0) is 13.7. The van der Waals surface area contributed by atoms with E-state index in [1.165, 1.54) is 5.56 Å². The molecule has 0 aliphatic carbocycles. The molecule has 0 amide bonds. The number of pyridine rings is 1. The zero-order valence-electron chi connectivity index (χ0n) is 12.3. The van der Waals surface area contributed by atoms with Crippen molar-refractivity contribution in [2.45, 2.75) is 33.4 Å². The van der Waals surface area contributed by atoms with E-state index in [-0.39, 0.29) is 0 Å². The molecule has 2 N–H and O–H groups in total. The van der Waals surface area contributed by atoms with Crippen LogP contribution in [0.15, 0.2) is 12.3 Å². The number of anilines is 1. The first kappa shape index (κ1) is 14.9. The second-order valence-electron chi connectivity index (χ2n) is 5.09.